The zero-order valence-electron chi connectivity index (χ0n) is 11.6. The molecule has 2 atom stereocenters. The summed E-state index contributed by atoms with van der Waals surface area (Å²) >= 11 is 0. The predicted octanol–water partition coefficient (Wildman–Crippen LogP) is 1.91. The minimum atomic E-state index is -0.943. The molecular weight excluding hydrogens is 258 g/mol. The van der Waals surface area contributed by atoms with Crippen molar-refractivity contribution in [1.29, 1.82) is 0 Å². The molecule has 1 aromatic heterocycles. The second kappa shape index (κ2) is 6.49. The molecule has 1 aromatic carbocycles. The molecule has 6 nitrogen and oxygen atoms in total. The van der Waals surface area contributed by atoms with Crippen LogP contribution in [-0.4, -0.2) is 28.5 Å². The average molecular weight is 277 g/mol. The summed E-state index contributed by atoms with van der Waals surface area (Å²) in [5, 5.41) is 17.8. The summed E-state index contributed by atoms with van der Waals surface area (Å²) in [4.78, 5) is 0. The SMILES string of the molecule is CCCC(N)C(O)c1nnc(-c2cccc(OC)c2)o1. The van der Waals surface area contributed by atoms with E-state index in [1.807, 2.05) is 25.1 Å². The summed E-state index contributed by atoms with van der Waals surface area (Å²) in [6.07, 6.45) is 0.634. The number of methoxy groups -OCH3 is 1. The van der Waals surface area contributed by atoms with Gasteiger partial charge < -0.3 is 20.0 Å². The normalized spacial score (nSPS) is 14.0. The predicted molar refractivity (Wildman–Crippen MR) is 74.1 cm³/mol. The van der Waals surface area contributed by atoms with Crippen LogP contribution in [0.25, 0.3) is 11.5 Å². The van der Waals surface area contributed by atoms with Gasteiger partial charge in [0.25, 0.3) is 0 Å². The lowest BCUT2D eigenvalue weighted by Crippen LogP contribution is -2.28. The van der Waals surface area contributed by atoms with E-state index < -0.39 is 12.1 Å². The lowest BCUT2D eigenvalue weighted by atomic mass is 10.1. The fourth-order valence-corrected chi connectivity index (χ4v) is 1.90. The summed E-state index contributed by atoms with van der Waals surface area (Å²) in [5.74, 6) is 1.18. The summed E-state index contributed by atoms with van der Waals surface area (Å²) in [6.45, 7) is 2.00. The molecule has 0 bridgehead atoms. The summed E-state index contributed by atoms with van der Waals surface area (Å²) in [6, 6.07) is 6.87. The Morgan fingerprint density at radius 2 is 2.20 bits per heavy atom. The van der Waals surface area contributed by atoms with Crippen LogP contribution in [0.3, 0.4) is 0 Å². The number of hydrogen-bond donors (Lipinski definition) is 2. The first-order valence-corrected chi connectivity index (χ1v) is 6.57. The van der Waals surface area contributed by atoms with Crippen molar-refractivity contribution < 1.29 is 14.3 Å². The van der Waals surface area contributed by atoms with Crippen molar-refractivity contribution in [2.24, 2.45) is 5.73 Å². The van der Waals surface area contributed by atoms with Gasteiger partial charge in [0.15, 0.2) is 0 Å². The maximum Gasteiger partial charge on any atom is 0.248 e. The number of rotatable bonds is 6. The molecule has 0 fully saturated rings. The molecule has 2 unspecified atom stereocenters. The standard InChI is InChI=1S/C14H19N3O3/c1-3-5-11(15)12(18)14-17-16-13(20-14)9-6-4-7-10(8-9)19-2/h4,6-8,11-12,18H,3,5,15H2,1-2H3. The first kappa shape index (κ1) is 14.5. The van der Waals surface area contributed by atoms with Crippen molar-refractivity contribution in [2.45, 2.75) is 31.9 Å². The number of aromatic nitrogens is 2. The number of aliphatic hydroxyl groups is 1. The summed E-state index contributed by atoms with van der Waals surface area (Å²) in [5.41, 5.74) is 6.59. The number of ether oxygens (including phenoxy) is 1. The van der Waals surface area contributed by atoms with E-state index in [1.165, 1.54) is 0 Å². The van der Waals surface area contributed by atoms with E-state index in [1.54, 1.807) is 13.2 Å². The Labute approximate surface area is 117 Å². The van der Waals surface area contributed by atoms with Gasteiger partial charge in [0.05, 0.1) is 7.11 Å². The smallest absolute Gasteiger partial charge is 0.248 e. The Morgan fingerprint density at radius 1 is 1.40 bits per heavy atom. The van der Waals surface area contributed by atoms with Gasteiger partial charge in [-0.3, -0.25) is 0 Å². The van der Waals surface area contributed by atoms with Crippen molar-refractivity contribution in [2.75, 3.05) is 7.11 Å². The minimum Gasteiger partial charge on any atom is -0.497 e. The Morgan fingerprint density at radius 3 is 2.90 bits per heavy atom. The molecule has 20 heavy (non-hydrogen) atoms. The van der Waals surface area contributed by atoms with Crippen molar-refractivity contribution in [3.05, 3.63) is 30.2 Å². The average Bonchev–Trinajstić information content (AvgIpc) is 2.96. The molecule has 0 aliphatic rings. The van der Waals surface area contributed by atoms with Crippen LogP contribution in [-0.2, 0) is 0 Å². The highest BCUT2D eigenvalue weighted by Crippen LogP contribution is 2.25. The number of nitrogens with two attached hydrogens (primary N) is 1. The van der Waals surface area contributed by atoms with E-state index >= 15 is 0 Å². The molecular formula is C14H19N3O3. The second-order valence-corrected chi connectivity index (χ2v) is 4.57. The monoisotopic (exact) mass is 277 g/mol. The van der Waals surface area contributed by atoms with Gasteiger partial charge in [-0.25, -0.2) is 0 Å². The number of aliphatic hydroxyl groups excluding tert-OH is 1. The quantitative estimate of drug-likeness (QED) is 0.837. The molecule has 1 heterocycles. The third-order valence-electron chi connectivity index (χ3n) is 3.04. The highest BCUT2D eigenvalue weighted by atomic mass is 16.5. The molecule has 3 N–H and O–H groups in total. The molecule has 0 amide bonds. The van der Waals surface area contributed by atoms with Crippen molar-refractivity contribution >= 4 is 0 Å². The number of benzene rings is 1. The van der Waals surface area contributed by atoms with Gasteiger partial charge in [0.1, 0.15) is 11.9 Å². The van der Waals surface area contributed by atoms with Crippen LogP contribution in [0.2, 0.25) is 0 Å². The third-order valence-corrected chi connectivity index (χ3v) is 3.04. The van der Waals surface area contributed by atoms with Gasteiger partial charge in [-0.15, -0.1) is 10.2 Å². The van der Waals surface area contributed by atoms with Gasteiger partial charge in [0.2, 0.25) is 11.8 Å². The lowest BCUT2D eigenvalue weighted by Gasteiger charge is -2.13. The maximum absolute atomic E-state index is 10.0. The molecule has 0 aliphatic carbocycles. The molecule has 2 aromatic rings. The Balaban J connectivity index is 2.19. The lowest BCUT2D eigenvalue weighted by molar-refractivity contribution is 0.112. The molecule has 6 heteroatoms. The molecule has 0 radical (unpaired) electrons. The van der Waals surface area contributed by atoms with Crippen LogP contribution in [0.15, 0.2) is 28.7 Å². The number of nitrogens with zero attached hydrogens (tertiary/aromatic N) is 2. The van der Waals surface area contributed by atoms with E-state index in [-0.39, 0.29) is 5.89 Å². The molecule has 0 aliphatic heterocycles. The second-order valence-electron chi connectivity index (χ2n) is 4.57. The van der Waals surface area contributed by atoms with Crippen LogP contribution in [0.1, 0.15) is 31.8 Å². The zero-order valence-corrected chi connectivity index (χ0v) is 11.6. The van der Waals surface area contributed by atoms with Crippen LogP contribution in [0.5, 0.6) is 5.75 Å². The Hall–Kier alpha value is -1.92. The van der Waals surface area contributed by atoms with Crippen molar-refractivity contribution in [3.8, 4) is 17.2 Å². The van der Waals surface area contributed by atoms with E-state index in [4.69, 9.17) is 14.9 Å². The van der Waals surface area contributed by atoms with Gasteiger partial charge in [0, 0.05) is 11.6 Å². The maximum atomic E-state index is 10.0. The largest absolute Gasteiger partial charge is 0.497 e. The van der Waals surface area contributed by atoms with Gasteiger partial charge in [-0.05, 0) is 24.6 Å². The fourth-order valence-electron chi connectivity index (χ4n) is 1.90. The van der Waals surface area contributed by atoms with Crippen LogP contribution < -0.4 is 10.5 Å². The molecule has 108 valence electrons. The summed E-state index contributed by atoms with van der Waals surface area (Å²) in [7, 11) is 1.59. The van der Waals surface area contributed by atoms with Crippen LogP contribution in [0.4, 0.5) is 0 Å². The van der Waals surface area contributed by atoms with Gasteiger partial charge in [-0.1, -0.05) is 19.4 Å². The van der Waals surface area contributed by atoms with Crippen LogP contribution >= 0.6 is 0 Å². The van der Waals surface area contributed by atoms with E-state index in [0.717, 1.165) is 12.0 Å². The van der Waals surface area contributed by atoms with Gasteiger partial charge >= 0.3 is 0 Å². The molecule has 0 spiro atoms. The topological polar surface area (TPSA) is 94.4 Å². The Bertz CT molecular complexity index is 556. The highest BCUT2D eigenvalue weighted by molar-refractivity contribution is 5.55. The van der Waals surface area contributed by atoms with Crippen molar-refractivity contribution in [3.63, 3.8) is 0 Å². The van der Waals surface area contributed by atoms with Crippen molar-refractivity contribution in [1.82, 2.24) is 10.2 Å². The molecule has 0 saturated heterocycles. The zero-order chi connectivity index (χ0) is 14.5. The Kier molecular flexibility index (Phi) is 4.70. The highest BCUT2D eigenvalue weighted by Gasteiger charge is 2.22. The first-order valence-electron chi connectivity index (χ1n) is 6.57. The van der Waals surface area contributed by atoms with E-state index in [2.05, 4.69) is 10.2 Å². The van der Waals surface area contributed by atoms with E-state index in [9.17, 15) is 5.11 Å². The first-order chi connectivity index (χ1) is 9.65. The molecule has 2 rings (SSSR count). The number of hydrogen-bond acceptors (Lipinski definition) is 6. The minimum absolute atomic E-state index is 0.142. The third kappa shape index (κ3) is 3.15. The molecule has 0 saturated carbocycles. The van der Waals surface area contributed by atoms with E-state index in [0.29, 0.717) is 18.1 Å². The summed E-state index contributed by atoms with van der Waals surface area (Å²) < 4.78 is 10.6. The van der Waals surface area contributed by atoms with Gasteiger partial charge in [-0.2, -0.15) is 0 Å². The fraction of sp³-hybridized carbons (Fsp3) is 0.429. The van der Waals surface area contributed by atoms with Crippen LogP contribution in [0, 0.1) is 0 Å².